The van der Waals surface area contributed by atoms with Crippen LogP contribution < -0.4 is 0 Å². The minimum absolute atomic E-state index is 0.207. The van der Waals surface area contributed by atoms with Gasteiger partial charge in [-0.3, -0.25) is 0 Å². The molecule has 0 amide bonds. The Morgan fingerprint density at radius 1 is 1.53 bits per heavy atom. The molecule has 0 aliphatic rings. The number of carbonyl (C=O) groups is 1. The van der Waals surface area contributed by atoms with Gasteiger partial charge in [-0.25, -0.2) is 9.48 Å². The molecule has 1 aromatic rings. The minimum Gasteiger partial charge on any atom is -0.461 e. The first-order valence-corrected chi connectivity index (χ1v) is 5.71. The van der Waals surface area contributed by atoms with Crippen molar-refractivity contribution < 1.29 is 14.6 Å². The molecule has 96 valence electrons. The summed E-state index contributed by atoms with van der Waals surface area (Å²) in [6.07, 6.45) is 0.598. The molecule has 17 heavy (non-hydrogen) atoms. The first-order chi connectivity index (χ1) is 7.91. The molecule has 0 radical (unpaired) electrons. The Hall–Kier alpha value is -1.43. The molecule has 1 rings (SSSR count). The molecule has 0 saturated heterocycles. The smallest absolute Gasteiger partial charge is 0.360 e. The molecular weight excluding hydrogens is 222 g/mol. The predicted octanol–water partition coefficient (Wildman–Crippen LogP) is 0.924. The van der Waals surface area contributed by atoms with E-state index >= 15 is 0 Å². The van der Waals surface area contributed by atoms with Gasteiger partial charge in [0, 0.05) is 0 Å². The van der Waals surface area contributed by atoms with Gasteiger partial charge in [-0.1, -0.05) is 12.1 Å². The van der Waals surface area contributed by atoms with Gasteiger partial charge in [0.15, 0.2) is 5.69 Å². The van der Waals surface area contributed by atoms with Crippen LogP contribution in [-0.2, 0) is 11.3 Å². The minimum atomic E-state index is -0.857. The van der Waals surface area contributed by atoms with Crippen LogP contribution in [0, 0.1) is 6.92 Å². The molecule has 6 heteroatoms. The fraction of sp³-hybridized carbons (Fsp3) is 0.727. The first kappa shape index (κ1) is 13.6. The maximum absolute atomic E-state index is 11.5. The first-order valence-electron chi connectivity index (χ1n) is 5.71. The van der Waals surface area contributed by atoms with E-state index in [-0.39, 0.29) is 5.69 Å². The van der Waals surface area contributed by atoms with Crippen molar-refractivity contribution in [3.8, 4) is 0 Å². The van der Waals surface area contributed by atoms with Crippen LogP contribution in [0.1, 0.15) is 43.4 Å². The largest absolute Gasteiger partial charge is 0.461 e. The van der Waals surface area contributed by atoms with Gasteiger partial charge in [-0.15, -0.1) is 5.10 Å². The number of nitrogens with zero attached hydrogens (tertiary/aromatic N) is 3. The Labute approximate surface area is 101 Å². The van der Waals surface area contributed by atoms with Crippen LogP contribution in [0.5, 0.6) is 0 Å². The van der Waals surface area contributed by atoms with E-state index < -0.39 is 11.6 Å². The number of ether oxygens (including phenoxy) is 1. The fourth-order valence-corrected chi connectivity index (χ4v) is 1.33. The van der Waals surface area contributed by atoms with Crippen molar-refractivity contribution in [3.05, 3.63) is 11.4 Å². The number of carbonyl (C=O) groups excluding carboxylic acids is 1. The second kappa shape index (κ2) is 5.27. The summed E-state index contributed by atoms with van der Waals surface area (Å²) in [6, 6.07) is 0. The van der Waals surface area contributed by atoms with Crippen molar-refractivity contribution in [1.82, 2.24) is 15.0 Å². The van der Waals surface area contributed by atoms with Gasteiger partial charge in [0.25, 0.3) is 0 Å². The van der Waals surface area contributed by atoms with Crippen molar-refractivity contribution in [2.75, 3.05) is 6.61 Å². The molecule has 0 bridgehead atoms. The Kier molecular flexibility index (Phi) is 4.22. The third-order valence-corrected chi connectivity index (χ3v) is 2.70. The summed E-state index contributed by atoms with van der Waals surface area (Å²) in [5.74, 6) is -0.479. The van der Waals surface area contributed by atoms with Crippen molar-refractivity contribution in [2.24, 2.45) is 0 Å². The molecule has 1 atom stereocenters. The van der Waals surface area contributed by atoms with Crippen LogP contribution >= 0.6 is 0 Å². The van der Waals surface area contributed by atoms with Crippen LogP contribution in [0.25, 0.3) is 0 Å². The number of aromatic nitrogens is 3. The van der Waals surface area contributed by atoms with Crippen LogP contribution in [0.3, 0.4) is 0 Å². The van der Waals surface area contributed by atoms with E-state index in [0.29, 0.717) is 25.3 Å². The number of hydrogen-bond acceptors (Lipinski definition) is 5. The molecule has 0 fully saturated rings. The summed E-state index contributed by atoms with van der Waals surface area (Å²) in [5.41, 5.74) is -0.0411. The van der Waals surface area contributed by atoms with E-state index in [1.165, 1.54) is 4.68 Å². The monoisotopic (exact) mass is 241 g/mol. The van der Waals surface area contributed by atoms with E-state index in [0.717, 1.165) is 0 Å². The van der Waals surface area contributed by atoms with Crippen molar-refractivity contribution in [1.29, 1.82) is 0 Å². The summed E-state index contributed by atoms with van der Waals surface area (Å²) in [5, 5.41) is 17.6. The summed E-state index contributed by atoms with van der Waals surface area (Å²) < 4.78 is 6.38. The number of rotatable bonds is 5. The van der Waals surface area contributed by atoms with Gasteiger partial charge in [0.1, 0.15) is 0 Å². The Morgan fingerprint density at radius 3 is 2.71 bits per heavy atom. The summed E-state index contributed by atoms with van der Waals surface area (Å²) in [4.78, 5) is 11.5. The van der Waals surface area contributed by atoms with Crippen LogP contribution in [0.4, 0.5) is 0 Å². The Balaban J connectivity index is 2.88. The quantitative estimate of drug-likeness (QED) is 0.776. The molecule has 6 nitrogen and oxygen atoms in total. The van der Waals surface area contributed by atoms with Gasteiger partial charge < -0.3 is 9.84 Å². The lowest BCUT2D eigenvalue weighted by Gasteiger charge is -2.21. The molecule has 1 heterocycles. The van der Waals surface area contributed by atoms with E-state index in [1.54, 1.807) is 20.8 Å². The highest BCUT2D eigenvalue weighted by Crippen LogP contribution is 2.14. The number of esters is 1. The molecular formula is C11H19N3O3. The maximum Gasteiger partial charge on any atom is 0.360 e. The van der Waals surface area contributed by atoms with E-state index in [4.69, 9.17) is 4.74 Å². The molecule has 0 aliphatic heterocycles. The summed E-state index contributed by atoms with van der Waals surface area (Å²) >= 11 is 0. The van der Waals surface area contributed by atoms with Crippen molar-refractivity contribution in [3.63, 3.8) is 0 Å². The zero-order chi connectivity index (χ0) is 13.1. The average Bonchev–Trinajstić information content (AvgIpc) is 2.60. The van der Waals surface area contributed by atoms with E-state index in [2.05, 4.69) is 10.3 Å². The number of hydrogen-bond donors (Lipinski definition) is 1. The number of aliphatic hydroxyl groups is 1. The summed E-state index contributed by atoms with van der Waals surface area (Å²) in [7, 11) is 0. The van der Waals surface area contributed by atoms with Gasteiger partial charge in [0.2, 0.25) is 0 Å². The highest BCUT2D eigenvalue weighted by molar-refractivity contribution is 5.88. The second-order valence-electron chi connectivity index (χ2n) is 4.25. The topological polar surface area (TPSA) is 77.2 Å². The molecule has 1 N–H and O–H groups in total. The summed E-state index contributed by atoms with van der Waals surface area (Å²) in [6.45, 7) is 7.69. The van der Waals surface area contributed by atoms with E-state index in [1.807, 2.05) is 6.92 Å². The van der Waals surface area contributed by atoms with Crippen molar-refractivity contribution >= 4 is 5.97 Å². The van der Waals surface area contributed by atoms with Gasteiger partial charge in [-0.2, -0.15) is 0 Å². The zero-order valence-electron chi connectivity index (χ0n) is 10.7. The Bertz CT molecular complexity index is 399. The molecule has 1 unspecified atom stereocenters. The second-order valence-corrected chi connectivity index (χ2v) is 4.25. The Morgan fingerprint density at radius 2 is 2.18 bits per heavy atom. The van der Waals surface area contributed by atoms with Gasteiger partial charge >= 0.3 is 5.97 Å². The molecule has 0 aromatic carbocycles. The molecule has 0 aliphatic carbocycles. The zero-order valence-corrected chi connectivity index (χ0v) is 10.7. The normalized spacial score (nSPS) is 14.4. The third kappa shape index (κ3) is 3.26. The molecule has 1 aromatic heterocycles. The average molecular weight is 241 g/mol. The SMILES string of the molecule is CCOC(=O)c1nnn(CC(C)(O)CC)c1C. The predicted molar refractivity (Wildman–Crippen MR) is 61.6 cm³/mol. The van der Waals surface area contributed by atoms with E-state index in [9.17, 15) is 9.90 Å². The standard InChI is InChI=1S/C11H19N3O3/c1-5-11(4,16)7-14-8(3)9(12-13-14)10(15)17-6-2/h16H,5-7H2,1-4H3. The van der Waals surface area contributed by atoms with Crippen molar-refractivity contribution in [2.45, 2.75) is 46.3 Å². The lowest BCUT2D eigenvalue weighted by molar-refractivity contribution is 0.0332. The maximum atomic E-state index is 11.5. The highest BCUT2D eigenvalue weighted by Gasteiger charge is 2.23. The van der Waals surface area contributed by atoms with Gasteiger partial charge in [0.05, 0.1) is 24.4 Å². The lowest BCUT2D eigenvalue weighted by Crippen LogP contribution is -2.30. The van der Waals surface area contributed by atoms with Crippen LogP contribution in [0.2, 0.25) is 0 Å². The third-order valence-electron chi connectivity index (χ3n) is 2.70. The molecule has 0 saturated carbocycles. The fourth-order valence-electron chi connectivity index (χ4n) is 1.33. The van der Waals surface area contributed by atoms with Crippen LogP contribution in [-0.4, -0.2) is 38.3 Å². The lowest BCUT2D eigenvalue weighted by atomic mass is 10.0. The molecule has 0 spiro atoms. The highest BCUT2D eigenvalue weighted by atomic mass is 16.5. The van der Waals surface area contributed by atoms with Crippen LogP contribution in [0.15, 0.2) is 0 Å². The van der Waals surface area contributed by atoms with Gasteiger partial charge in [-0.05, 0) is 27.2 Å².